The van der Waals surface area contributed by atoms with Gasteiger partial charge in [0.15, 0.2) is 5.76 Å². The summed E-state index contributed by atoms with van der Waals surface area (Å²) in [7, 11) is 3.99. The molecule has 0 unspecified atom stereocenters. The number of aromatic nitrogens is 2. The summed E-state index contributed by atoms with van der Waals surface area (Å²) in [6.07, 6.45) is 2.36. The van der Waals surface area contributed by atoms with Crippen molar-refractivity contribution in [3.8, 4) is 29.3 Å². The van der Waals surface area contributed by atoms with Gasteiger partial charge >= 0.3 is 11.9 Å². The quantitative estimate of drug-likeness (QED) is 0.251. The summed E-state index contributed by atoms with van der Waals surface area (Å²) in [4.78, 5) is 29.9. The van der Waals surface area contributed by atoms with Crippen LogP contribution in [0.4, 0.5) is 0 Å². The normalized spacial score (nSPS) is 10.1. The average Bonchev–Trinajstić information content (AvgIpc) is 2.92. The molecule has 3 rings (SSSR count). The lowest BCUT2D eigenvalue weighted by Crippen LogP contribution is -2.04. The minimum absolute atomic E-state index is 0.0208. The highest BCUT2D eigenvalue weighted by Gasteiger charge is 2.17. The van der Waals surface area contributed by atoms with Crippen molar-refractivity contribution in [3.63, 3.8) is 0 Å². The summed E-state index contributed by atoms with van der Waals surface area (Å²) < 4.78 is 25.0. The summed E-state index contributed by atoms with van der Waals surface area (Å²) >= 11 is 0. The van der Waals surface area contributed by atoms with E-state index in [1.165, 1.54) is 33.7 Å². The Balaban J connectivity index is 0.000000521. The van der Waals surface area contributed by atoms with Crippen LogP contribution >= 0.6 is 0 Å². The van der Waals surface area contributed by atoms with E-state index in [2.05, 4.69) is 26.0 Å². The first kappa shape index (κ1) is 27.9. The van der Waals surface area contributed by atoms with E-state index in [0.717, 1.165) is 6.26 Å². The van der Waals surface area contributed by atoms with Crippen LogP contribution in [-0.4, -0.2) is 48.3 Å². The Kier molecular flexibility index (Phi) is 10.6. The van der Waals surface area contributed by atoms with Crippen molar-refractivity contribution in [2.24, 2.45) is 0 Å². The van der Waals surface area contributed by atoms with Gasteiger partial charge in [0.25, 0.3) is 0 Å². The molecule has 0 saturated heterocycles. The van der Waals surface area contributed by atoms with Gasteiger partial charge in [0.2, 0.25) is 11.8 Å². The van der Waals surface area contributed by atoms with Crippen LogP contribution in [0.25, 0.3) is 5.57 Å². The number of rotatable bonds is 9. The van der Waals surface area contributed by atoms with E-state index >= 15 is 0 Å². The fourth-order valence-corrected chi connectivity index (χ4v) is 2.63. The third kappa shape index (κ3) is 8.11. The third-order valence-corrected chi connectivity index (χ3v) is 4.36. The zero-order valence-electron chi connectivity index (χ0n) is 20.2. The average molecular weight is 505 g/mol. The molecule has 0 aliphatic heterocycles. The van der Waals surface area contributed by atoms with Gasteiger partial charge in [-0.1, -0.05) is 30.3 Å². The molecule has 1 N–H and O–H groups in total. The van der Waals surface area contributed by atoms with Crippen molar-refractivity contribution in [1.29, 1.82) is 5.26 Å². The first-order valence-corrected chi connectivity index (χ1v) is 10.4. The van der Waals surface area contributed by atoms with Gasteiger partial charge in [-0.2, -0.15) is 5.26 Å². The van der Waals surface area contributed by atoms with Crippen LogP contribution in [0.2, 0.25) is 0 Å². The van der Waals surface area contributed by atoms with Crippen molar-refractivity contribution in [2.75, 3.05) is 21.3 Å². The molecule has 0 radical (unpaired) electrons. The molecule has 0 amide bonds. The summed E-state index contributed by atoms with van der Waals surface area (Å²) in [6, 6.07) is 16.8. The number of hydrogen-bond donors (Lipinski definition) is 1. The van der Waals surface area contributed by atoms with Gasteiger partial charge in [0.1, 0.15) is 29.5 Å². The zero-order valence-corrected chi connectivity index (χ0v) is 20.2. The summed E-state index contributed by atoms with van der Waals surface area (Å²) in [5.74, 6) is -0.764. The fraction of sp³-hybridized carbons (Fsp3) is 0.115. The molecule has 37 heavy (non-hydrogen) atoms. The van der Waals surface area contributed by atoms with Crippen molar-refractivity contribution in [3.05, 3.63) is 90.7 Å². The van der Waals surface area contributed by atoms with Crippen molar-refractivity contribution in [1.82, 2.24) is 9.97 Å². The molecule has 11 heteroatoms. The molecule has 11 nitrogen and oxygen atoms in total. The Morgan fingerprint density at radius 1 is 0.946 bits per heavy atom. The summed E-state index contributed by atoms with van der Waals surface area (Å²) in [6.45, 7) is 3.25. The van der Waals surface area contributed by atoms with Gasteiger partial charge < -0.3 is 28.8 Å². The lowest BCUT2D eigenvalue weighted by atomic mass is 10.1. The molecule has 0 aliphatic rings. The maximum absolute atomic E-state index is 11.5. The number of para-hydroxylation sites is 2. The van der Waals surface area contributed by atoms with Gasteiger partial charge in [-0.15, -0.1) is 0 Å². The first-order chi connectivity index (χ1) is 17.8. The number of aliphatic carboxylic acids is 1. The molecule has 1 heterocycles. The van der Waals surface area contributed by atoms with Gasteiger partial charge in [-0.05, 0) is 24.8 Å². The van der Waals surface area contributed by atoms with E-state index in [4.69, 9.17) is 19.5 Å². The molecular formula is C26H23N3O8. The van der Waals surface area contributed by atoms with Crippen LogP contribution in [0.3, 0.4) is 0 Å². The number of carbonyl (C=O) groups excluding carboxylic acids is 1. The topological polar surface area (TPSA) is 150 Å². The predicted molar refractivity (Wildman–Crippen MR) is 131 cm³/mol. The Bertz CT molecular complexity index is 1320. The van der Waals surface area contributed by atoms with E-state index in [-0.39, 0.29) is 28.8 Å². The number of benzene rings is 2. The third-order valence-electron chi connectivity index (χ3n) is 4.36. The maximum atomic E-state index is 11.5. The second kappa shape index (κ2) is 14.1. The Hall–Kier alpha value is -5.37. The number of carboxylic acid groups (broad SMARTS) is 1. The van der Waals surface area contributed by atoms with Crippen LogP contribution in [-0.2, 0) is 23.8 Å². The standard InChI is InChI=1S/C21H15N3O5.C5H8O3/c1-27-12-16(21(25)26)15-7-3-5-9-18(15)29-20-10-19(23-13-24-20)28-17-8-4-2-6-14(17)11-22;1-4(7-2)5(6)8-3/h2-10,12-13H,1H3,(H,25,26);1H2,2-3H3/b16-12+;. The van der Waals surface area contributed by atoms with E-state index in [1.54, 1.807) is 48.5 Å². The van der Waals surface area contributed by atoms with E-state index in [9.17, 15) is 14.7 Å². The zero-order chi connectivity index (χ0) is 27.2. The highest BCUT2D eigenvalue weighted by atomic mass is 16.6. The highest BCUT2D eigenvalue weighted by Crippen LogP contribution is 2.31. The van der Waals surface area contributed by atoms with Gasteiger partial charge in [0.05, 0.1) is 39.2 Å². The van der Waals surface area contributed by atoms with Crippen molar-refractivity contribution >= 4 is 17.5 Å². The largest absolute Gasteiger partial charge is 0.503 e. The Labute approximate surface area is 212 Å². The number of nitrogens with zero attached hydrogens (tertiary/aromatic N) is 3. The number of carboxylic acids is 1. The number of carbonyl (C=O) groups is 2. The first-order valence-electron chi connectivity index (χ1n) is 10.4. The van der Waals surface area contributed by atoms with Gasteiger partial charge in [-0.3, -0.25) is 0 Å². The molecule has 190 valence electrons. The molecule has 0 atom stereocenters. The van der Waals surface area contributed by atoms with Crippen molar-refractivity contribution in [2.45, 2.75) is 0 Å². The smallest absolute Gasteiger partial charge is 0.372 e. The number of nitriles is 1. The van der Waals surface area contributed by atoms with E-state index < -0.39 is 11.9 Å². The fourth-order valence-electron chi connectivity index (χ4n) is 2.63. The minimum Gasteiger partial charge on any atom is -0.503 e. The van der Waals surface area contributed by atoms with Crippen molar-refractivity contribution < 1.29 is 38.4 Å². The van der Waals surface area contributed by atoms with Crippen LogP contribution in [0.1, 0.15) is 11.1 Å². The molecular weight excluding hydrogens is 482 g/mol. The second-order valence-corrected chi connectivity index (χ2v) is 6.69. The Morgan fingerprint density at radius 2 is 1.54 bits per heavy atom. The summed E-state index contributed by atoms with van der Waals surface area (Å²) in [5.41, 5.74) is 0.601. The molecule has 0 saturated carbocycles. The van der Waals surface area contributed by atoms with E-state index in [1.807, 2.05) is 6.07 Å². The van der Waals surface area contributed by atoms with Gasteiger partial charge in [0, 0.05) is 5.56 Å². The van der Waals surface area contributed by atoms with Crippen LogP contribution in [0.15, 0.2) is 79.5 Å². The molecule has 0 bridgehead atoms. The monoisotopic (exact) mass is 505 g/mol. The predicted octanol–water partition coefficient (Wildman–Crippen LogP) is 4.32. The van der Waals surface area contributed by atoms with Crippen LogP contribution in [0, 0.1) is 11.3 Å². The number of ether oxygens (including phenoxy) is 5. The second-order valence-electron chi connectivity index (χ2n) is 6.69. The molecule has 2 aromatic carbocycles. The Morgan fingerprint density at radius 3 is 2.08 bits per heavy atom. The maximum Gasteiger partial charge on any atom is 0.372 e. The van der Waals surface area contributed by atoms with Crippen LogP contribution < -0.4 is 9.47 Å². The lowest BCUT2D eigenvalue weighted by molar-refractivity contribution is -0.139. The molecule has 0 spiro atoms. The number of methoxy groups -OCH3 is 3. The minimum atomic E-state index is -1.16. The molecule has 1 aromatic heterocycles. The molecule has 0 fully saturated rings. The summed E-state index contributed by atoms with van der Waals surface area (Å²) in [5, 5.41) is 18.6. The molecule has 0 aliphatic carbocycles. The highest BCUT2D eigenvalue weighted by molar-refractivity contribution is 6.15. The molecule has 3 aromatic rings. The number of hydrogen-bond acceptors (Lipinski definition) is 10. The van der Waals surface area contributed by atoms with E-state index in [0.29, 0.717) is 16.9 Å². The number of esters is 1. The van der Waals surface area contributed by atoms with Gasteiger partial charge in [-0.25, -0.2) is 19.6 Å². The lowest BCUT2D eigenvalue weighted by Gasteiger charge is -2.12. The SMILES string of the molecule is C=C(OC)C(=O)OC.CO/C=C(/C(=O)O)c1ccccc1Oc1cc(Oc2ccccc2C#N)ncn1. The van der Waals surface area contributed by atoms with Crippen LogP contribution in [0.5, 0.6) is 23.3 Å².